The molecule has 4 radical (unpaired) electrons. The summed E-state index contributed by atoms with van der Waals surface area (Å²) in [6.45, 7) is 0.982. The molecule has 0 aliphatic rings. The van der Waals surface area contributed by atoms with E-state index in [1.165, 1.54) is 0 Å². The number of esters is 1. The maximum atomic E-state index is 13.3. The lowest BCUT2D eigenvalue weighted by molar-refractivity contribution is -0.356. The average molecular weight is 444 g/mol. The highest BCUT2D eigenvalue weighted by atomic mass is 32.2. The number of rotatable bonds is 6. The minimum atomic E-state index is -6.48. The van der Waals surface area contributed by atoms with E-state index >= 15 is 0 Å². The Kier molecular flexibility index (Phi) is 7.02. The molecule has 158 valence electrons. The van der Waals surface area contributed by atoms with Crippen LogP contribution in [0.2, 0.25) is 0 Å². The molecule has 0 aromatic heterocycles. The molecule has 0 aliphatic carbocycles. The van der Waals surface area contributed by atoms with Gasteiger partial charge in [0.25, 0.3) is 10.1 Å². The van der Waals surface area contributed by atoms with Crippen LogP contribution in [0.4, 0.5) is 26.3 Å². The molecule has 0 amide bonds. The highest BCUT2D eigenvalue weighted by Crippen LogP contribution is 2.47. The molecule has 1 aromatic rings. The zero-order chi connectivity index (χ0) is 23.0. The van der Waals surface area contributed by atoms with Crippen LogP contribution in [0.15, 0.2) is 6.07 Å². The number of hydrogen-bond donors (Lipinski definition) is 2. The van der Waals surface area contributed by atoms with Crippen LogP contribution in [0.3, 0.4) is 0 Å². The third kappa shape index (κ3) is 5.00. The Balaban J connectivity index is 3.72. The summed E-state index contributed by atoms with van der Waals surface area (Å²) in [6, 6.07) is 0.977. The van der Waals surface area contributed by atoms with Crippen LogP contribution in [0.1, 0.15) is 27.0 Å². The van der Waals surface area contributed by atoms with Crippen molar-refractivity contribution in [3.8, 4) is 5.75 Å². The van der Waals surface area contributed by atoms with Crippen molar-refractivity contribution in [2.45, 2.75) is 37.5 Å². The Bertz CT molecular complexity index is 883. The largest absolute Gasteiger partial charge is 0.507 e. The van der Waals surface area contributed by atoms with Crippen LogP contribution in [-0.4, -0.2) is 63.4 Å². The number of ether oxygens (including phenoxy) is 1. The van der Waals surface area contributed by atoms with Crippen molar-refractivity contribution in [3.05, 3.63) is 28.3 Å². The molecule has 0 unspecified atom stereocenters. The van der Waals surface area contributed by atoms with E-state index in [1.54, 1.807) is 0 Å². The monoisotopic (exact) mass is 444 g/mol. The van der Waals surface area contributed by atoms with Crippen LogP contribution in [0.5, 0.6) is 5.75 Å². The summed E-state index contributed by atoms with van der Waals surface area (Å²) in [5.41, 5.74) is -7.31. The lowest BCUT2D eigenvalue weighted by Crippen LogP contribution is -2.63. The second kappa shape index (κ2) is 8.09. The fourth-order valence-electron chi connectivity index (χ4n) is 2.49. The second-order valence-corrected chi connectivity index (χ2v) is 7.34. The Morgan fingerprint density at radius 3 is 1.86 bits per heavy atom. The first-order chi connectivity index (χ1) is 12.9. The van der Waals surface area contributed by atoms with Crippen LogP contribution >= 0.6 is 0 Å². The van der Waals surface area contributed by atoms with E-state index < -0.39 is 63.0 Å². The zero-order valence-corrected chi connectivity index (χ0v) is 15.4. The van der Waals surface area contributed by atoms with Gasteiger partial charge in [-0.15, -0.1) is 0 Å². The SMILES string of the molecule is [B]Cc1cc(C[B])c(C(=O)OC(CS(=O)(=O)O)(C(F)(F)F)C(F)(F)F)c(C)c1O. The van der Waals surface area contributed by atoms with Gasteiger partial charge in [-0.25, -0.2) is 4.79 Å². The van der Waals surface area contributed by atoms with Crippen molar-refractivity contribution in [3.63, 3.8) is 0 Å². The number of hydrogen-bond acceptors (Lipinski definition) is 5. The number of alkyl halides is 6. The molecule has 0 aliphatic heterocycles. The Morgan fingerprint density at radius 1 is 1.07 bits per heavy atom. The number of benzene rings is 1. The molecule has 2 N–H and O–H groups in total. The first kappa shape index (κ1) is 25.1. The van der Waals surface area contributed by atoms with Crippen molar-refractivity contribution < 1.29 is 54.0 Å². The van der Waals surface area contributed by atoms with E-state index in [1.807, 2.05) is 0 Å². The number of phenolic OH excluding ortho intramolecular Hbond substituents is 1. The normalized spacial score (nSPS) is 13.4. The maximum Gasteiger partial charge on any atom is 0.438 e. The quantitative estimate of drug-likeness (QED) is 0.301. The summed E-state index contributed by atoms with van der Waals surface area (Å²) in [5.74, 6) is -5.99. The highest BCUT2D eigenvalue weighted by Gasteiger charge is 2.76. The molecule has 0 heterocycles. The molecule has 6 nitrogen and oxygen atoms in total. The lowest BCUT2D eigenvalue weighted by atomic mass is 9.85. The first-order valence-electron chi connectivity index (χ1n) is 7.48. The van der Waals surface area contributed by atoms with Gasteiger partial charge in [-0.05, 0) is 18.1 Å². The van der Waals surface area contributed by atoms with E-state index in [2.05, 4.69) is 4.74 Å². The molecule has 0 saturated heterocycles. The van der Waals surface area contributed by atoms with E-state index in [0.29, 0.717) is 0 Å². The molecule has 0 atom stereocenters. The number of carbonyl (C=O) groups is 1. The molecule has 0 saturated carbocycles. The van der Waals surface area contributed by atoms with Crippen LogP contribution in [0.25, 0.3) is 0 Å². The van der Waals surface area contributed by atoms with E-state index in [-0.39, 0.29) is 17.4 Å². The van der Waals surface area contributed by atoms with Gasteiger partial charge in [-0.1, -0.05) is 18.7 Å². The third-order valence-electron chi connectivity index (χ3n) is 3.92. The molecule has 1 rings (SSSR count). The van der Waals surface area contributed by atoms with Gasteiger partial charge in [-0.3, -0.25) is 4.55 Å². The van der Waals surface area contributed by atoms with Crippen molar-refractivity contribution >= 4 is 31.8 Å². The number of phenols is 1. The van der Waals surface area contributed by atoms with Crippen LogP contribution < -0.4 is 0 Å². The van der Waals surface area contributed by atoms with Crippen molar-refractivity contribution in [1.29, 1.82) is 0 Å². The maximum absolute atomic E-state index is 13.3. The van der Waals surface area contributed by atoms with Crippen LogP contribution in [-0.2, 0) is 27.5 Å². The van der Waals surface area contributed by atoms with Gasteiger partial charge >= 0.3 is 23.9 Å². The van der Waals surface area contributed by atoms with E-state index in [4.69, 9.17) is 20.2 Å². The summed E-state index contributed by atoms with van der Waals surface area (Å²) < 4.78 is 114. The van der Waals surface area contributed by atoms with Crippen molar-refractivity contribution in [1.82, 2.24) is 0 Å². The first-order valence-corrected chi connectivity index (χ1v) is 9.09. The fraction of sp³-hybridized carbons (Fsp3) is 0.500. The smallest absolute Gasteiger partial charge is 0.438 e. The standard InChI is InChI=1S/C14H12B2F6O6S/c1-6-9(7(3-15)2-8(4-16)10(6)23)11(24)28-12(13(17,18)19,14(20,21)22)5-29(25,26)27/h2,23H,3-5H2,1H3,(H,25,26,27). The Morgan fingerprint density at radius 2 is 1.52 bits per heavy atom. The van der Waals surface area contributed by atoms with Crippen LogP contribution in [0, 0.1) is 6.92 Å². The fourth-order valence-corrected chi connectivity index (χ4v) is 3.39. The van der Waals surface area contributed by atoms with Crippen molar-refractivity contribution in [2.75, 3.05) is 5.75 Å². The zero-order valence-electron chi connectivity index (χ0n) is 14.6. The lowest BCUT2D eigenvalue weighted by Gasteiger charge is -2.35. The molecule has 15 heteroatoms. The summed E-state index contributed by atoms with van der Waals surface area (Å²) in [6.07, 6.45) is -13.8. The summed E-state index contributed by atoms with van der Waals surface area (Å²) in [5, 5.41) is 9.94. The van der Waals surface area contributed by atoms with Gasteiger partial charge in [0, 0.05) is 5.56 Å². The highest BCUT2D eigenvalue weighted by molar-refractivity contribution is 7.85. The second-order valence-electron chi connectivity index (χ2n) is 5.89. The predicted molar refractivity (Wildman–Crippen MR) is 88.4 cm³/mol. The third-order valence-corrected chi connectivity index (χ3v) is 4.69. The molecule has 29 heavy (non-hydrogen) atoms. The number of halogens is 6. The van der Waals surface area contributed by atoms with E-state index in [9.17, 15) is 44.7 Å². The predicted octanol–water partition coefficient (Wildman–Crippen LogP) is 1.95. The van der Waals surface area contributed by atoms with Gasteiger partial charge in [-0.2, -0.15) is 34.8 Å². The number of carbonyl (C=O) groups excluding carboxylic acids is 1. The Hall–Kier alpha value is -1.89. The van der Waals surface area contributed by atoms with E-state index in [0.717, 1.165) is 13.0 Å². The molecule has 0 spiro atoms. The summed E-state index contributed by atoms with van der Waals surface area (Å²) >= 11 is 0. The minimum Gasteiger partial charge on any atom is -0.507 e. The minimum absolute atomic E-state index is 0.00431. The summed E-state index contributed by atoms with van der Waals surface area (Å²) in [7, 11) is 4.77. The summed E-state index contributed by atoms with van der Waals surface area (Å²) in [4.78, 5) is 12.3. The van der Waals surface area contributed by atoms with Gasteiger partial charge in [0.05, 0.1) is 21.3 Å². The molecule has 1 aromatic carbocycles. The van der Waals surface area contributed by atoms with Gasteiger partial charge in [0.2, 0.25) is 0 Å². The molecule has 0 bridgehead atoms. The average Bonchev–Trinajstić information content (AvgIpc) is 2.52. The molecular weight excluding hydrogens is 432 g/mol. The Labute approximate surface area is 163 Å². The van der Waals surface area contributed by atoms with Gasteiger partial charge in [0.1, 0.15) is 11.5 Å². The topological polar surface area (TPSA) is 101 Å². The number of aromatic hydroxyl groups is 1. The van der Waals surface area contributed by atoms with Crippen molar-refractivity contribution in [2.24, 2.45) is 0 Å². The van der Waals surface area contributed by atoms with Gasteiger partial charge in [0.15, 0.2) is 0 Å². The molecule has 0 fully saturated rings. The van der Waals surface area contributed by atoms with Gasteiger partial charge < -0.3 is 9.84 Å². The molecular formula is C14H12B2F6O6S.